The Labute approximate surface area is 103 Å². The van der Waals surface area contributed by atoms with Crippen LogP contribution in [0.25, 0.3) is 0 Å². The van der Waals surface area contributed by atoms with E-state index in [-0.39, 0.29) is 5.76 Å². The molecule has 0 atom stereocenters. The molecule has 2 rings (SSSR count). The van der Waals surface area contributed by atoms with Gasteiger partial charge in [0.25, 0.3) is 0 Å². The van der Waals surface area contributed by atoms with Gasteiger partial charge in [0.15, 0.2) is 0 Å². The van der Waals surface area contributed by atoms with Crippen LogP contribution in [0.15, 0.2) is 33.3 Å². The van der Waals surface area contributed by atoms with E-state index in [2.05, 4.69) is 0 Å². The average Bonchev–Trinajstić information content (AvgIpc) is 2.89. The monoisotopic (exact) mass is 252 g/mol. The van der Waals surface area contributed by atoms with Crippen LogP contribution in [-0.4, -0.2) is 11.1 Å². The van der Waals surface area contributed by atoms with Crippen molar-refractivity contribution in [3.05, 3.63) is 47.3 Å². The molecule has 2 heterocycles. The molecule has 90 valence electrons. The highest BCUT2D eigenvalue weighted by atomic mass is 32.2. The third-order valence-electron chi connectivity index (χ3n) is 2.31. The number of carboxylic acids is 1. The fraction of sp³-hybridized carbons (Fsp3) is 0.250. The molecule has 0 aliphatic heterocycles. The van der Waals surface area contributed by atoms with Gasteiger partial charge in [-0.05, 0) is 25.1 Å². The average molecular weight is 252 g/mol. The van der Waals surface area contributed by atoms with E-state index in [1.165, 1.54) is 0 Å². The minimum absolute atomic E-state index is 0.00361. The van der Waals surface area contributed by atoms with Gasteiger partial charge in [0.1, 0.15) is 11.5 Å². The van der Waals surface area contributed by atoms with Crippen LogP contribution in [0.4, 0.5) is 0 Å². The smallest absolute Gasteiger partial charge is 0.371 e. The quantitative estimate of drug-likeness (QED) is 0.884. The summed E-state index contributed by atoms with van der Waals surface area (Å²) >= 11 is 1.66. The zero-order chi connectivity index (χ0) is 12.3. The largest absolute Gasteiger partial charge is 0.475 e. The van der Waals surface area contributed by atoms with Gasteiger partial charge in [0, 0.05) is 11.3 Å². The lowest BCUT2D eigenvalue weighted by atomic mass is 10.3. The summed E-state index contributed by atoms with van der Waals surface area (Å²) < 4.78 is 10.3. The molecule has 1 N–H and O–H groups in total. The van der Waals surface area contributed by atoms with Crippen molar-refractivity contribution in [3.8, 4) is 0 Å². The predicted octanol–water partition coefficient (Wildman–Crippen LogP) is 3.31. The molecular weight excluding hydrogens is 240 g/mol. The van der Waals surface area contributed by atoms with Crippen LogP contribution >= 0.6 is 11.8 Å². The molecule has 4 nitrogen and oxygen atoms in total. The standard InChI is InChI=1S/C12H12O4S/c1-8-9(5-11(16-8)12(13)14)6-17-7-10-3-2-4-15-10/h2-5H,6-7H2,1H3,(H,13,14). The van der Waals surface area contributed by atoms with Crippen LogP contribution in [0.2, 0.25) is 0 Å². The van der Waals surface area contributed by atoms with Crippen molar-refractivity contribution in [2.75, 3.05) is 0 Å². The summed E-state index contributed by atoms with van der Waals surface area (Å²) in [6.45, 7) is 1.77. The van der Waals surface area contributed by atoms with Gasteiger partial charge in [0.05, 0.1) is 12.0 Å². The lowest BCUT2D eigenvalue weighted by molar-refractivity contribution is 0.0661. The van der Waals surface area contributed by atoms with E-state index in [9.17, 15) is 4.79 Å². The zero-order valence-electron chi connectivity index (χ0n) is 9.30. The number of thioether (sulfide) groups is 1. The summed E-state index contributed by atoms with van der Waals surface area (Å²) in [6, 6.07) is 5.34. The van der Waals surface area contributed by atoms with Gasteiger partial charge in [0.2, 0.25) is 5.76 Å². The maximum absolute atomic E-state index is 10.7. The van der Waals surface area contributed by atoms with Gasteiger partial charge in [-0.1, -0.05) is 0 Å². The molecule has 0 aliphatic rings. The molecule has 0 unspecified atom stereocenters. The number of carbonyl (C=O) groups is 1. The Balaban J connectivity index is 1.92. The van der Waals surface area contributed by atoms with E-state index in [1.807, 2.05) is 12.1 Å². The lowest BCUT2D eigenvalue weighted by Gasteiger charge is -1.97. The second-order valence-electron chi connectivity index (χ2n) is 3.57. The van der Waals surface area contributed by atoms with Crippen LogP contribution in [0, 0.1) is 6.92 Å². The second-order valence-corrected chi connectivity index (χ2v) is 4.55. The van der Waals surface area contributed by atoms with Crippen LogP contribution in [0.1, 0.15) is 27.6 Å². The highest BCUT2D eigenvalue weighted by Crippen LogP contribution is 2.23. The summed E-state index contributed by atoms with van der Waals surface area (Å²) in [4.78, 5) is 10.7. The van der Waals surface area contributed by atoms with E-state index in [0.717, 1.165) is 17.1 Å². The van der Waals surface area contributed by atoms with Gasteiger partial charge >= 0.3 is 5.97 Å². The Kier molecular flexibility index (Phi) is 3.58. The Hall–Kier alpha value is -1.62. The maximum Gasteiger partial charge on any atom is 0.371 e. The Morgan fingerprint density at radius 2 is 2.29 bits per heavy atom. The number of furan rings is 2. The number of rotatable bonds is 5. The van der Waals surface area contributed by atoms with Gasteiger partial charge in [-0.2, -0.15) is 0 Å². The highest BCUT2D eigenvalue weighted by molar-refractivity contribution is 7.97. The molecule has 2 aromatic heterocycles. The molecule has 0 fully saturated rings. The Morgan fingerprint density at radius 1 is 1.47 bits per heavy atom. The van der Waals surface area contributed by atoms with Gasteiger partial charge in [-0.25, -0.2) is 4.79 Å². The summed E-state index contributed by atoms with van der Waals surface area (Å²) in [7, 11) is 0. The number of hydrogen-bond acceptors (Lipinski definition) is 4. The predicted molar refractivity (Wildman–Crippen MR) is 64.1 cm³/mol. The summed E-state index contributed by atoms with van der Waals surface area (Å²) in [5.41, 5.74) is 0.916. The molecule has 17 heavy (non-hydrogen) atoms. The third-order valence-corrected chi connectivity index (χ3v) is 3.32. The van der Waals surface area contributed by atoms with Crippen molar-refractivity contribution < 1.29 is 18.7 Å². The van der Waals surface area contributed by atoms with Crippen LogP contribution < -0.4 is 0 Å². The first-order valence-electron chi connectivity index (χ1n) is 5.09. The van der Waals surface area contributed by atoms with Crippen molar-refractivity contribution in [1.82, 2.24) is 0 Å². The number of hydrogen-bond donors (Lipinski definition) is 1. The molecule has 0 radical (unpaired) electrons. The summed E-state index contributed by atoms with van der Waals surface area (Å²) in [5, 5.41) is 8.78. The lowest BCUT2D eigenvalue weighted by Crippen LogP contribution is -1.91. The zero-order valence-corrected chi connectivity index (χ0v) is 10.1. The Bertz CT molecular complexity index is 499. The first-order valence-corrected chi connectivity index (χ1v) is 6.25. The van der Waals surface area contributed by atoms with Crippen molar-refractivity contribution >= 4 is 17.7 Å². The molecular formula is C12H12O4S. The van der Waals surface area contributed by atoms with Gasteiger partial charge in [-0.3, -0.25) is 0 Å². The molecule has 0 bridgehead atoms. The fourth-order valence-electron chi connectivity index (χ4n) is 1.42. The summed E-state index contributed by atoms with van der Waals surface area (Å²) in [6.07, 6.45) is 1.64. The topological polar surface area (TPSA) is 63.6 Å². The number of aryl methyl sites for hydroxylation is 1. The first-order chi connectivity index (χ1) is 8.16. The van der Waals surface area contributed by atoms with Gasteiger partial charge < -0.3 is 13.9 Å². The maximum atomic E-state index is 10.7. The molecule has 0 spiro atoms. The Morgan fingerprint density at radius 3 is 2.88 bits per heavy atom. The molecule has 0 amide bonds. The second kappa shape index (κ2) is 5.14. The van der Waals surface area contributed by atoms with E-state index < -0.39 is 5.97 Å². The normalized spacial score (nSPS) is 10.6. The van der Waals surface area contributed by atoms with Crippen molar-refractivity contribution in [2.45, 2.75) is 18.4 Å². The van der Waals surface area contributed by atoms with Crippen molar-refractivity contribution in [3.63, 3.8) is 0 Å². The number of aromatic carboxylic acids is 1. The van der Waals surface area contributed by atoms with E-state index in [0.29, 0.717) is 11.5 Å². The molecule has 0 saturated carbocycles. The molecule has 0 aliphatic carbocycles. The van der Waals surface area contributed by atoms with Crippen LogP contribution in [0.3, 0.4) is 0 Å². The van der Waals surface area contributed by atoms with E-state index in [4.69, 9.17) is 13.9 Å². The van der Waals surface area contributed by atoms with Crippen LogP contribution in [-0.2, 0) is 11.5 Å². The van der Waals surface area contributed by atoms with Crippen LogP contribution in [0.5, 0.6) is 0 Å². The molecule has 2 aromatic rings. The van der Waals surface area contributed by atoms with Gasteiger partial charge in [-0.15, -0.1) is 11.8 Å². The van der Waals surface area contributed by atoms with E-state index in [1.54, 1.807) is 31.0 Å². The minimum atomic E-state index is -1.03. The van der Waals surface area contributed by atoms with Crippen molar-refractivity contribution in [1.29, 1.82) is 0 Å². The first kappa shape index (κ1) is 11.9. The molecule has 0 aromatic carbocycles. The SMILES string of the molecule is Cc1oc(C(=O)O)cc1CSCc1ccco1. The third kappa shape index (κ3) is 2.94. The van der Waals surface area contributed by atoms with Crippen molar-refractivity contribution in [2.24, 2.45) is 0 Å². The number of carboxylic acid groups (broad SMARTS) is 1. The minimum Gasteiger partial charge on any atom is -0.475 e. The molecule has 0 saturated heterocycles. The highest BCUT2D eigenvalue weighted by Gasteiger charge is 2.12. The summed E-state index contributed by atoms with van der Waals surface area (Å²) in [5.74, 6) is 2.01. The molecule has 5 heteroatoms. The van der Waals surface area contributed by atoms with E-state index >= 15 is 0 Å². The fourth-order valence-corrected chi connectivity index (χ4v) is 2.40.